The van der Waals surface area contributed by atoms with Crippen molar-refractivity contribution >= 4 is 43.2 Å². The number of carbonyl (C=O) groups is 2. The molecular formula is C29H42N6O5Si. The number of rotatable bonds is 9. The highest BCUT2D eigenvalue weighted by Crippen LogP contribution is 2.45. The van der Waals surface area contributed by atoms with Gasteiger partial charge >= 0.3 is 6.09 Å². The molecule has 3 aromatic heterocycles. The molecule has 2 atom stereocenters. The van der Waals surface area contributed by atoms with Gasteiger partial charge in [0, 0.05) is 31.8 Å². The van der Waals surface area contributed by atoms with Crippen molar-refractivity contribution in [3.8, 4) is 5.88 Å². The van der Waals surface area contributed by atoms with E-state index in [0.717, 1.165) is 6.42 Å². The van der Waals surface area contributed by atoms with Crippen LogP contribution in [0.25, 0.3) is 5.65 Å². The van der Waals surface area contributed by atoms with Crippen LogP contribution in [0, 0.1) is 5.92 Å². The molecule has 4 rings (SSSR count). The highest BCUT2D eigenvalue weighted by Gasteiger charge is 2.47. The summed E-state index contributed by atoms with van der Waals surface area (Å²) in [5.41, 5.74) is 0.591. The molecule has 222 valence electrons. The first-order valence-corrected chi connectivity index (χ1v) is 16.7. The molecule has 0 spiro atoms. The van der Waals surface area contributed by atoms with Crippen LogP contribution in [0.2, 0.25) is 18.1 Å². The summed E-state index contributed by atoms with van der Waals surface area (Å²) in [4.78, 5) is 36.9. The van der Waals surface area contributed by atoms with Crippen LogP contribution >= 0.6 is 0 Å². The molecule has 1 aliphatic carbocycles. The maximum atomic E-state index is 13.6. The van der Waals surface area contributed by atoms with Crippen molar-refractivity contribution < 1.29 is 23.5 Å². The number of carbonyl (C=O) groups excluding carboxylic acids is 2. The lowest BCUT2D eigenvalue weighted by Crippen LogP contribution is -2.41. The Labute approximate surface area is 242 Å². The number of methoxy groups -OCH3 is 1. The molecule has 12 heteroatoms. The number of amides is 1. The average Bonchev–Trinajstić information content (AvgIpc) is 3.42. The van der Waals surface area contributed by atoms with E-state index in [-0.39, 0.29) is 22.8 Å². The molecule has 1 aliphatic rings. The Balaban J connectivity index is 1.66. The van der Waals surface area contributed by atoms with E-state index in [1.807, 2.05) is 0 Å². The third-order valence-electron chi connectivity index (χ3n) is 7.55. The van der Waals surface area contributed by atoms with Gasteiger partial charge in [-0.05, 0) is 63.4 Å². The molecule has 0 saturated heterocycles. The first-order valence-electron chi connectivity index (χ1n) is 13.8. The number of hydrogen-bond donors (Lipinski definition) is 1. The molecule has 0 bridgehead atoms. The second kappa shape index (κ2) is 11.0. The van der Waals surface area contributed by atoms with Crippen LogP contribution in [-0.2, 0) is 9.16 Å². The smallest absolute Gasteiger partial charge is 0.415 e. The summed E-state index contributed by atoms with van der Waals surface area (Å²) in [6.45, 7) is 16.5. The highest BCUT2D eigenvalue weighted by molar-refractivity contribution is 6.74. The highest BCUT2D eigenvalue weighted by atomic mass is 28.4. The Morgan fingerprint density at radius 3 is 2.54 bits per heavy atom. The van der Waals surface area contributed by atoms with Crippen LogP contribution in [0.3, 0.4) is 0 Å². The van der Waals surface area contributed by atoms with Crippen molar-refractivity contribution in [2.75, 3.05) is 24.4 Å². The molecule has 1 unspecified atom stereocenters. The average molecular weight is 583 g/mol. The number of anilines is 3. The Kier molecular flexibility index (Phi) is 8.20. The molecule has 3 heterocycles. The predicted molar refractivity (Wildman–Crippen MR) is 161 cm³/mol. The lowest BCUT2D eigenvalue weighted by Gasteiger charge is -2.36. The van der Waals surface area contributed by atoms with Crippen LogP contribution in [0.4, 0.5) is 22.1 Å². The van der Waals surface area contributed by atoms with E-state index in [4.69, 9.17) is 18.9 Å². The second-order valence-electron chi connectivity index (χ2n) is 13.1. The van der Waals surface area contributed by atoms with Crippen LogP contribution in [0.1, 0.15) is 64.7 Å². The van der Waals surface area contributed by atoms with Gasteiger partial charge in [0.25, 0.3) is 0 Å². The van der Waals surface area contributed by atoms with Gasteiger partial charge in [0.05, 0.1) is 18.9 Å². The van der Waals surface area contributed by atoms with Gasteiger partial charge < -0.3 is 19.2 Å². The van der Waals surface area contributed by atoms with Gasteiger partial charge in [0.1, 0.15) is 22.9 Å². The van der Waals surface area contributed by atoms with Gasteiger partial charge in [-0.3, -0.25) is 9.69 Å². The van der Waals surface area contributed by atoms with E-state index in [0.29, 0.717) is 40.8 Å². The number of aromatic nitrogens is 4. The summed E-state index contributed by atoms with van der Waals surface area (Å²) in [5.74, 6) is 1.23. The van der Waals surface area contributed by atoms with Crippen LogP contribution < -0.4 is 15.0 Å². The maximum Gasteiger partial charge on any atom is 0.415 e. The van der Waals surface area contributed by atoms with E-state index < -0.39 is 20.0 Å². The number of nitrogens with one attached hydrogen (secondary N) is 1. The maximum absolute atomic E-state index is 13.6. The van der Waals surface area contributed by atoms with Crippen molar-refractivity contribution in [2.45, 2.75) is 84.2 Å². The quantitative estimate of drug-likeness (QED) is 0.231. The van der Waals surface area contributed by atoms with Gasteiger partial charge in [-0.2, -0.15) is 9.61 Å². The third kappa shape index (κ3) is 6.87. The Bertz CT molecular complexity index is 1440. The molecule has 0 aromatic carbocycles. The standard InChI is InChI=1S/C29H42N6O5Si/c1-28(2,3)39-27(37)34(7)24-16-23(32-20-12-11-13-30-26(20)38-8)33-25-19(17-31-35(24)25)21(36)14-18-15-22(18)40-41(9,10)29(4,5)6/h11-13,16-18,22H,14-15H2,1-10H3,(H,32,33)/t18?,22-/m0/s1. The van der Waals surface area contributed by atoms with E-state index >= 15 is 0 Å². The molecule has 1 saturated carbocycles. The number of fused-ring (bicyclic) bond motifs is 1. The van der Waals surface area contributed by atoms with Gasteiger partial charge in [-0.15, -0.1) is 0 Å². The Morgan fingerprint density at radius 2 is 1.90 bits per heavy atom. The van der Waals surface area contributed by atoms with Crippen molar-refractivity contribution in [1.29, 1.82) is 0 Å². The van der Waals surface area contributed by atoms with Crippen LogP contribution in [-0.4, -0.2) is 65.6 Å². The summed E-state index contributed by atoms with van der Waals surface area (Å²) in [7, 11) is 1.20. The number of Topliss-reactive ketones (excluding diaryl/α,β-unsaturated/α-hetero) is 1. The summed E-state index contributed by atoms with van der Waals surface area (Å²) < 4.78 is 19.0. The SMILES string of the molecule is COc1ncccc1Nc1cc(N(C)C(=O)OC(C)(C)C)n2ncc(C(=O)CC3C[C@@H]3O[Si](C)(C)C(C)(C)C)c2n1. The summed E-state index contributed by atoms with van der Waals surface area (Å²) >= 11 is 0. The minimum absolute atomic E-state index is 0.0687. The molecular weight excluding hydrogens is 540 g/mol. The number of ether oxygens (including phenoxy) is 2. The lowest BCUT2D eigenvalue weighted by atomic mass is 10.1. The van der Waals surface area contributed by atoms with Crippen molar-refractivity contribution in [2.24, 2.45) is 5.92 Å². The lowest BCUT2D eigenvalue weighted by molar-refractivity contribution is 0.0587. The molecule has 0 aliphatic heterocycles. The van der Waals surface area contributed by atoms with Crippen molar-refractivity contribution in [1.82, 2.24) is 19.6 Å². The van der Waals surface area contributed by atoms with E-state index in [1.165, 1.54) is 22.7 Å². The van der Waals surface area contributed by atoms with E-state index in [9.17, 15) is 9.59 Å². The molecule has 0 radical (unpaired) electrons. The topological polar surface area (TPSA) is 120 Å². The van der Waals surface area contributed by atoms with E-state index in [1.54, 1.807) is 52.2 Å². The van der Waals surface area contributed by atoms with Gasteiger partial charge in [-0.25, -0.2) is 14.8 Å². The number of nitrogens with zero attached hydrogens (tertiary/aromatic N) is 5. The molecule has 1 N–H and O–H groups in total. The zero-order chi connectivity index (χ0) is 30.3. The third-order valence-corrected chi connectivity index (χ3v) is 12.1. The molecule has 1 amide bonds. The largest absolute Gasteiger partial charge is 0.480 e. The molecule has 11 nitrogen and oxygen atoms in total. The summed E-state index contributed by atoms with van der Waals surface area (Å²) in [5, 5.41) is 7.77. The summed E-state index contributed by atoms with van der Waals surface area (Å²) in [6, 6.07) is 5.23. The van der Waals surface area contributed by atoms with Gasteiger partial charge in [0.15, 0.2) is 19.7 Å². The minimum Gasteiger partial charge on any atom is -0.480 e. The van der Waals surface area contributed by atoms with Gasteiger partial charge in [0.2, 0.25) is 5.88 Å². The zero-order valence-electron chi connectivity index (χ0n) is 25.7. The Hall–Kier alpha value is -3.51. The Morgan fingerprint density at radius 1 is 1.20 bits per heavy atom. The number of hydrogen-bond acceptors (Lipinski definition) is 9. The first-order chi connectivity index (χ1) is 19.0. The van der Waals surface area contributed by atoms with Crippen LogP contribution in [0.5, 0.6) is 5.88 Å². The minimum atomic E-state index is -1.92. The normalized spacial score (nSPS) is 17.3. The monoisotopic (exact) mass is 582 g/mol. The van der Waals surface area contributed by atoms with Gasteiger partial charge in [-0.1, -0.05) is 20.8 Å². The zero-order valence-corrected chi connectivity index (χ0v) is 26.7. The number of pyridine rings is 1. The molecule has 1 fully saturated rings. The fraction of sp³-hybridized carbons (Fsp3) is 0.552. The van der Waals surface area contributed by atoms with Crippen molar-refractivity contribution in [3.05, 3.63) is 36.2 Å². The first kappa shape index (κ1) is 30.4. The predicted octanol–water partition coefficient (Wildman–Crippen LogP) is 6.23. The van der Waals surface area contributed by atoms with Crippen molar-refractivity contribution in [3.63, 3.8) is 0 Å². The summed E-state index contributed by atoms with van der Waals surface area (Å²) in [6.07, 6.45) is 3.87. The fourth-order valence-electron chi connectivity index (χ4n) is 4.14. The molecule has 3 aromatic rings. The molecule has 41 heavy (non-hydrogen) atoms. The van der Waals surface area contributed by atoms with E-state index in [2.05, 4.69) is 49.3 Å². The fourth-order valence-corrected chi connectivity index (χ4v) is 5.54. The van der Waals surface area contributed by atoms with Crippen LogP contribution in [0.15, 0.2) is 30.6 Å². The second-order valence-corrected chi connectivity index (χ2v) is 17.8. The number of ketones is 1.